The number of pyridine rings is 1. The van der Waals surface area contributed by atoms with Gasteiger partial charge in [-0.05, 0) is 24.8 Å². The number of carbonyl (C=O) groups is 1. The summed E-state index contributed by atoms with van der Waals surface area (Å²) < 4.78 is 0. The van der Waals surface area contributed by atoms with Crippen molar-refractivity contribution < 1.29 is 4.79 Å². The number of rotatable bonds is 1. The number of H-pyrrole nitrogens is 1. The summed E-state index contributed by atoms with van der Waals surface area (Å²) in [5.41, 5.74) is 1.00. The average Bonchev–Trinajstić information content (AvgIpc) is 2.45. The lowest BCUT2D eigenvalue weighted by molar-refractivity contribution is 0.0685. The van der Waals surface area contributed by atoms with Crippen molar-refractivity contribution in [3.63, 3.8) is 0 Å². The van der Waals surface area contributed by atoms with Gasteiger partial charge in [0.2, 0.25) is 5.56 Å². The monoisotopic (exact) mass is 270 g/mol. The molecule has 1 fully saturated rings. The molecule has 0 spiro atoms. The second kappa shape index (κ2) is 5.12. The molecule has 1 saturated heterocycles. The summed E-state index contributed by atoms with van der Waals surface area (Å²) in [7, 11) is 0. The fourth-order valence-corrected chi connectivity index (χ4v) is 2.93. The van der Waals surface area contributed by atoms with Crippen LogP contribution < -0.4 is 5.56 Å². The van der Waals surface area contributed by atoms with Crippen LogP contribution >= 0.6 is 0 Å². The van der Waals surface area contributed by atoms with Crippen LogP contribution in [0.2, 0.25) is 0 Å². The molecular weight excluding hydrogens is 252 g/mol. The molecule has 0 aliphatic carbocycles. The van der Waals surface area contributed by atoms with Gasteiger partial charge in [-0.1, -0.05) is 25.1 Å². The minimum Gasteiger partial charge on any atom is -0.338 e. The summed E-state index contributed by atoms with van der Waals surface area (Å²) in [5.74, 6) is 0.500. The van der Waals surface area contributed by atoms with E-state index in [-0.39, 0.29) is 11.5 Å². The van der Waals surface area contributed by atoms with Crippen LogP contribution in [0.25, 0.3) is 10.9 Å². The number of nitrogens with zero attached hydrogens (tertiary/aromatic N) is 1. The van der Waals surface area contributed by atoms with Crippen molar-refractivity contribution >= 4 is 16.8 Å². The number of aromatic amines is 1. The van der Waals surface area contributed by atoms with E-state index in [1.165, 1.54) is 12.5 Å². The third-order valence-electron chi connectivity index (χ3n) is 3.93. The van der Waals surface area contributed by atoms with Crippen molar-refractivity contribution in [1.29, 1.82) is 0 Å². The SMILES string of the molecule is C[C@@H]1CCCN(C(=O)c2cc(=O)[nH]c3ccccc23)C1. The summed E-state index contributed by atoms with van der Waals surface area (Å²) >= 11 is 0. The Kier molecular flexibility index (Phi) is 3.30. The number of nitrogens with one attached hydrogen (secondary N) is 1. The first-order valence-corrected chi connectivity index (χ1v) is 7.06. The molecular formula is C16H18N2O2. The summed E-state index contributed by atoms with van der Waals surface area (Å²) in [6.45, 7) is 3.72. The molecule has 0 radical (unpaired) electrons. The van der Waals surface area contributed by atoms with Crippen LogP contribution in [-0.4, -0.2) is 28.9 Å². The normalized spacial score (nSPS) is 19.2. The minimum absolute atomic E-state index is 0.0288. The predicted octanol–water partition coefficient (Wildman–Crippen LogP) is 2.40. The maximum Gasteiger partial charge on any atom is 0.254 e. The molecule has 4 nitrogen and oxygen atoms in total. The zero-order valence-corrected chi connectivity index (χ0v) is 11.6. The third kappa shape index (κ3) is 2.33. The van der Waals surface area contributed by atoms with Crippen LogP contribution in [0.5, 0.6) is 0 Å². The lowest BCUT2D eigenvalue weighted by Gasteiger charge is -2.31. The van der Waals surface area contributed by atoms with Crippen molar-refractivity contribution in [2.24, 2.45) is 5.92 Å². The van der Waals surface area contributed by atoms with Crippen LogP contribution in [-0.2, 0) is 0 Å². The van der Waals surface area contributed by atoms with Gasteiger partial charge >= 0.3 is 0 Å². The van der Waals surface area contributed by atoms with E-state index < -0.39 is 0 Å². The van der Waals surface area contributed by atoms with E-state index in [0.29, 0.717) is 17.0 Å². The Morgan fingerprint density at radius 1 is 1.35 bits per heavy atom. The maximum absolute atomic E-state index is 12.7. The number of para-hydroxylation sites is 1. The summed E-state index contributed by atoms with van der Waals surface area (Å²) in [5, 5.41) is 0.815. The number of benzene rings is 1. The first-order valence-electron chi connectivity index (χ1n) is 7.06. The molecule has 0 saturated carbocycles. The van der Waals surface area contributed by atoms with Gasteiger partial charge in [0.05, 0.1) is 5.56 Å². The van der Waals surface area contributed by atoms with Gasteiger partial charge in [0.15, 0.2) is 0 Å². The van der Waals surface area contributed by atoms with E-state index >= 15 is 0 Å². The Morgan fingerprint density at radius 2 is 2.15 bits per heavy atom. The molecule has 1 atom stereocenters. The third-order valence-corrected chi connectivity index (χ3v) is 3.93. The first kappa shape index (κ1) is 12.9. The predicted molar refractivity (Wildman–Crippen MR) is 78.9 cm³/mol. The number of hydrogen-bond acceptors (Lipinski definition) is 2. The molecule has 1 aliphatic heterocycles. The van der Waals surface area contributed by atoms with Gasteiger partial charge < -0.3 is 9.88 Å². The number of piperidine rings is 1. The first-order chi connectivity index (χ1) is 9.65. The Labute approximate surface area is 117 Å². The lowest BCUT2D eigenvalue weighted by Crippen LogP contribution is -2.39. The Hall–Kier alpha value is -2.10. The second-order valence-electron chi connectivity index (χ2n) is 5.59. The molecule has 1 aromatic heterocycles. The molecule has 104 valence electrons. The number of aromatic nitrogens is 1. The average molecular weight is 270 g/mol. The maximum atomic E-state index is 12.7. The standard InChI is InChI=1S/C16H18N2O2/c1-11-5-4-8-18(10-11)16(20)13-9-15(19)17-14-7-3-2-6-12(13)14/h2-3,6-7,9,11H,4-5,8,10H2,1H3,(H,17,19)/t11-/m1/s1. The van der Waals surface area contributed by atoms with E-state index in [0.717, 1.165) is 24.9 Å². The van der Waals surface area contributed by atoms with Crippen molar-refractivity contribution in [2.45, 2.75) is 19.8 Å². The smallest absolute Gasteiger partial charge is 0.254 e. The van der Waals surface area contributed by atoms with Gasteiger partial charge in [0, 0.05) is 30.1 Å². The highest BCUT2D eigenvalue weighted by Crippen LogP contribution is 2.21. The molecule has 1 amide bonds. The number of carbonyl (C=O) groups excluding carboxylic acids is 1. The molecule has 1 aliphatic rings. The fourth-order valence-electron chi connectivity index (χ4n) is 2.93. The molecule has 20 heavy (non-hydrogen) atoms. The van der Waals surface area contributed by atoms with Crippen LogP contribution in [0, 0.1) is 5.92 Å². The Balaban J connectivity index is 2.05. The van der Waals surface area contributed by atoms with Gasteiger partial charge in [-0.25, -0.2) is 0 Å². The van der Waals surface area contributed by atoms with Gasteiger partial charge in [0.1, 0.15) is 0 Å². The van der Waals surface area contributed by atoms with Crippen molar-refractivity contribution in [3.05, 3.63) is 46.2 Å². The highest BCUT2D eigenvalue weighted by atomic mass is 16.2. The summed E-state index contributed by atoms with van der Waals surface area (Å²) in [6, 6.07) is 8.87. The largest absolute Gasteiger partial charge is 0.338 e. The molecule has 1 aromatic carbocycles. The molecule has 4 heteroatoms. The Bertz CT molecular complexity index is 705. The van der Waals surface area contributed by atoms with Gasteiger partial charge in [-0.15, -0.1) is 0 Å². The van der Waals surface area contributed by atoms with E-state index in [2.05, 4.69) is 11.9 Å². The molecule has 3 rings (SSSR count). The topological polar surface area (TPSA) is 53.2 Å². The number of likely N-dealkylation sites (tertiary alicyclic amines) is 1. The van der Waals surface area contributed by atoms with E-state index in [4.69, 9.17) is 0 Å². The highest BCUT2D eigenvalue weighted by Gasteiger charge is 2.23. The minimum atomic E-state index is -0.225. The number of fused-ring (bicyclic) bond motifs is 1. The van der Waals surface area contributed by atoms with Gasteiger partial charge in [0.25, 0.3) is 5.91 Å². The van der Waals surface area contributed by atoms with Gasteiger partial charge in [-0.3, -0.25) is 9.59 Å². The molecule has 1 N–H and O–H groups in total. The van der Waals surface area contributed by atoms with Crippen LogP contribution in [0.1, 0.15) is 30.1 Å². The van der Waals surface area contributed by atoms with Crippen LogP contribution in [0.15, 0.2) is 35.1 Å². The van der Waals surface area contributed by atoms with E-state index in [9.17, 15) is 9.59 Å². The quantitative estimate of drug-likeness (QED) is 0.865. The van der Waals surface area contributed by atoms with E-state index in [1.54, 1.807) is 0 Å². The summed E-state index contributed by atoms with van der Waals surface area (Å²) in [6.07, 6.45) is 2.20. The van der Waals surface area contributed by atoms with Crippen molar-refractivity contribution in [3.8, 4) is 0 Å². The van der Waals surface area contributed by atoms with Crippen molar-refractivity contribution in [1.82, 2.24) is 9.88 Å². The Morgan fingerprint density at radius 3 is 2.95 bits per heavy atom. The second-order valence-corrected chi connectivity index (χ2v) is 5.59. The summed E-state index contributed by atoms with van der Waals surface area (Å²) in [4.78, 5) is 29.1. The highest BCUT2D eigenvalue weighted by molar-refractivity contribution is 6.05. The zero-order valence-electron chi connectivity index (χ0n) is 11.6. The molecule has 2 heterocycles. The number of hydrogen-bond donors (Lipinski definition) is 1. The lowest BCUT2D eigenvalue weighted by atomic mass is 9.99. The molecule has 0 bridgehead atoms. The van der Waals surface area contributed by atoms with Gasteiger partial charge in [-0.2, -0.15) is 0 Å². The van der Waals surface area contributed by atoms with Crippen LogP contribution in [0.3, 0.4) is 0 Å². The van der Waals surface area contributed by atoms with Crippen molar-refractivity contribution in [2.75, 3.05) is 13.1 Å². The fraction of sp³-hybridized carbons (Fsp3) is 0.375. The van der Waals surface area contributed by atoms with Crippen LogP contribution in [0.4, 0.5) is 0 Å². The van der Waals surface area contributed by atoms with E-state index in [1.807, 2.05) is 29.2 Å². The number of amides is 1. The molecule has 2 aromatic rings. The molecule has 0 unspecified atom stereocenters. The zero-order chi connectivity index (χ0) is 14.1.